The SMILES string of the molecule is CCCCCCCCCCCCCCCCCOCC(COC1OC(CO)C(O)C(O)C1O)OC(=O)CCCCCCCCCCCCCC. The number of aliphatic hydroxyl groups excluding tert-OH is 4. The van der Waals surface area contributed by atoms with Gasteiger partial charge in [-0.05, 0) is 12.8 Å². The lowest BCUT2D eigenvalue weighted by molar-refractivity contribution is -0.305. The number of aliphatic hydroxyl groups is 4. The van der Waals surface area contributed by atoms with Gasteiger partial charge in [-0.25, -0.2) is 0 Å². The molecule has 4 N–H and O–H groups in total. The first-order valence-electron chi connectivity index (χ1n) is 21.1. The molecule has 1 saturated heterocycles. The molecule has 298 valence electrons. The second kappa shape index (κ2) is 34.0. The highest BCUT2D eigenvalue weighted by Crippen LogP contribution is 2.22. The van der Waals surface area contributed by atoms with Crippen LogP contribution in [-0.4, -0.2) is 89.6 Å². The number of carbonyl (C=O) groups excluding carboxylic acids is 1. The first kappa shape index (κ1) is 47.2. The van der Waals surface area contributed by atoms with Gasteiger partial charge in [0.2, 0.25) is 0 Å². The van der Waals surface area contributed by atoms with E-state index in [2.05, 4.69) is 13.8 Å². The highest BCUT2D eigenvalue weighted by Gasteiger charge is 2.44. The summed E-state index contributed by atoms with van der Waals surface area (Å²) >= 11 is 0. The number of esters is 1. The molecular weight excluding hydrogens is 636 g/mol. The van der Waals surface area contributed by atoms with Crippen LogP contribution in [0.4, 0.5) is 0 Å². The lowest BCUT2D eigenvalue weighted by atomic mass is 9.99. The Bertz CT molecular complexity index is 737. The Kier molecular flexibility index (Phi) is 32.1. The van der Waals surface area contributed by atoms with Gasteiger partial charge in [0.1, 0.15) is 30.5 Å². The topological polar surface area (TPSA) is 135 Å². The van der Waals surface area contributed by atoms with Crippen LogP contribution in [0.3, 0.4) is 0 Å². The van der Waals surface area contributed by atoms with Crippen molar-refractivity contribution in [2.45, 2.75) is 230 Å². The van der Waals surface area contributed by atoms with Crippen molar-refractivity contribution in [3.05, 3.63) is 0 Å². The van der Waals surface area contributed by atoms with E-state index in [1.165, 1.54) is 141 Å². The Balaban J connectivity index is 2.27. The highest BCUT2D eigenvalue weighted by molar-refractivity contribution is 5.69. The van der Waals surface area contributed by atoms with Gasteiger partial charge in [-0.3, -0.25) is 4.79 Å². The van der Waals surface area contributed by atoms with E-state index in [-0.39, 0.29) is 19.2 Å². The average molecular weight is 717 g/mol. The molecule has 0 amide bonds. The summed E-state index contributed by atoms with van der Waals surface area (Å²) < 4.78 is 22.8. The summed E-state index contributed by atoms with van der Waals surface area (Å²) in [6.45, 7) is 4.59. The number of hydrogen-bond donors (Lipinski definition) is 4. The largest absolute Gasteiger partial charge is 0.457 e. The van der Waals surface area contributed by atoms with Crippen LogP contribution in [0.15, 0.2) is 0 Å². The molecule has 0 radical (unpaired) electrons. The molecule has 1 aliphatic heterocycles. The number of hydrogen-bond acceptors (Lipinski definition) is 9. The predicted octanol–water partition coefficient (Wildman–Crippen LogP) is 8.69. The van der Waals surface area contributed by atoms with E-state index in [1.54, 1.807) is 0 Å². The lowest BCUT2D eigenvalue weighted by Crippen LogP contribution is -2.59. The van der Waals surface area contributed by atoms with Crippen molar-refractivity contribution >= 4 is 5.97 Å². The third-order valence-electron chi connectivity index (χ3n) is 10.0. The number of unbranched alkanes of at least 4 members (excludes halogenated alkanes) is 25. The van der Waals surface area contributed by atoms with Gasteiger partial charge in [0.25, 0.3) is 0 Å². The molecule has 0 aromatic rings. The molecule has 9 nitrogen and oxygen atoms in total. The molecule has 50 heavy (non-hydrogen) atoms. The van der Waals surface area contributed by atoms with Crippen molar-refractivity contribution < 1.29 is 44.2 Å². The fourth-order valence-corrected chi connectivity index (χ4v) is 6.67. The van der Waals surface area contributed by atoms with Crippen molar-refractivity contribution in [3.63, 3.8) is 0 Å². The van der Waals surface area contributed by atoms with Crippen molar-refractivity contribution in [2.24, 2.45) is 0 Å². The fraction of sp³-hybridized carbons (Fsp3) is 0.976. The molecule has 1 fully saturated rings. The standard InChI is InChI=1S/C41H80O9/c1-3-5-7-9-11-13-15-17-18-19-21-23-25-27-29-31-47-33-35(34-48-41-40(46)39(45)38(44)36(32-42)50-41)49-37(43)30-28-26-24-22-20-16-14-12-10-8-6-4-2/h35-36,38-42,44-46H,3-34H2,1-2H3. The van der Waals surface area contributed by atoms with Crippen LogP contribution in [0.5, 0.6) is 0 Å². The molecule has 0 saturated carbocycles. The van der Waals surface area contributed by atoms with Crippen LogP contribution in [0.2, 0.25) is 0 Å². The maximum Gasteiger partial charge on any atom is 0.306 e. The van der Waals surface area contributed by atoms with Gasteiger partial charge >= 0.3 is 5.97 Å². The third-order valence-corrected chi connectivity index (χ3v) is 10.0. The minimum absolute atomic E-state index is 0.105. The molecule has 6 atom stereocenters. The van der Waals surface area contributed by atoms with E-state index in [0.717, 1.165) is 32.1 Å². The smallest absolute Gasteiger partial charge is 0.306 e. The molecule has 1 heterocycles. The Morgan fingerprint density at radius 3 is 1.42 bits per heavy atom. The fourth-order valence-electron chi connectivity index (χ4n) is 6.67. The van der Waals surface area contributed by atoms with E-state index < -0.39 is 43.4 Å². The van der Waals surface area contributed by atoms with Gasteiger partial charge in [-0.1, -0.05) is 174 Å². The van der Waals surface area contributed by atoms with Gasteiger partial charge in [0.15, 0.2) is 6.29 Å². The quantitative estimate of drug-likeness (QED) is 0.0371. The molecule has 6 unspecified atom stereocenters. The van der Waals surface area contributed by atoms with Gasteiger partial charge in [0.05, 0.1) is 19.8 Å². The normalized spacial score (nSPS) is 21.4. The molecule has 1 aliphatic rings. The highest BCUT2D eigenvalue weighted by atomic mass is 16.7. The van der Waals surface area contributed by atoms with Crippen molar-refractivity contribution in [2.75, 3.05) is 26.4 Å². The summed E-state index contributed by atoms with van der Waals surface area (Å²) in [5, 5.41) is 40.0. The van der Waals surface area contributed by atoms with Crippen molar-refractivity contribution in [3.8, 4) is 0 Å². The van der Waals surface area contributed by atoms with Crippen molar-refractivity contribution in [1.82, 2.24) is 0 Å². The summed E-state index contributed by atoms with van der Waals surface area (Å²) in [6.07, 6.45) is 26.9. The molecule has 0 aromatic heterocycles. The Morgan fingerprint density at radius 2 is 0.980 bits per heavy atom. The third kappa shape index (κ3) is 25.2. The Hall–Kier alpha value is -0.810. The van der Waals surface area contributed by atoms with Gasteiger partial charge < -0.3 is 39.4 Å². The van der Waals surface area contributed by atoms with Crippen LogP contribution in [-0.2, 0) is 23.7 Å². The van der Waals surface area contributed by atoms with Crippen LogP contribution in [0, 0.1) is 0 Å². The monoisotopic (exact) mass is 717 g/mol. The second-order valence-corrected chi connectivity index (χ2v) is 14.8. The zero-order valence-electron chi connectivity index (χ0n) is 32.4. The molecule has 0 aliphatic carbocycles. The van der Waals surface area contributed by atoms with Crippen LogP contribution >= 0.6 is 0 Å². The predicted molar refractivity (Wildman–Crippen MR) is 201 cm³/mol. The van der Waals surface area contributed by atoms with E-state index in [1.807, 2.05) is 0 Å². The summed E-state index contributed by atoms with van der Waals surface area (Å²) in [4.78, 5) is 12.7. The van der Waals surface area contributed by atoms with E-state index >= 15 is 0 Å². The van der Waals surface area contributed by atoms with Crippen LogP contribution in [0.25, 0.3) is 0 Å². The lowest BCUT2D eigenvalue weighted by Gasteiger charge is -2.39. The first-order chi connectivity index (χ1) is 24.4. The van der Waals surface area contributed by atoms with Crippen molar-refractivity contribution in [1.29, 1.82) is 0 Å². The number of carbonyl (C=O) groups is 1. The van der Waals surface area contributed by atoms with Gasteiger partial charge in [0, 0.05) is 13.0 Å². The molecule has 0 spiro atoms. The average Bonchev–Trinajstić information content (AvgIpc) is 3.11. The Labute approximate surface area is 306 Å². The first-order valence-corrected chi connectivity index (χ1v) is 21.1. The summed E-state index contributed by atoms with van der Waals surface area (Å²) in [6, 6.07) is 0. The molecule has 0 aromatic carbocycles. The minimum Gasteiger partial charge on any atom is -0.457 e. The number of ether oxygens (including phenoxy) is 4. The van der Waals surface area contributed by atoms with Gasteiger partial charge in [-0.15, -0.1) is 0 Å². The molecular formula is C41H80O9. The second-order valence-electron chi connectivity index (χ2n) is 14.8. The molecule has 1 rings (SSSR count). The molecule has 9 heteroatoms. The van der Waals surface area contributed by atoms with Crippen LogP contribution < -0.4 is 0 Å². The van der Waals surface area contributed by atoms with Gasteiger partial charge in [-0.2, -0.15) is 0 Å². The summed E-state index contributed by atoms with van der Waals surface area (Å²) in [5.41, 5.74) is 0. The zero-order valence-corrected chi connectivity index (χ0v) is 32.4. The maximum atomic E-state index is 12.7. The molecule has 0 bridgehead atoms. The van der Waals surface area contributed by atoms with E-state index in [0.29, 0.717) is 13.0 Å². The number of rotatable bonds is 36. The van der Waals surface area contributed by atoms with Crippen LogP contribution in [0.1, 0.15) is 194 Å². The summed E-state index contributed by atoms with van der Waals surface area (Å²) in [7, 11) is 0. The van der Waals surface area contributed by atoms with E-state index in [4.69, 9.17) is 18.9 Å². The Morgan fingerprint density at radius 1 is 0.560 bits per heavy atom. The minimum atomic E-state index is -1.53. The maximum absolute atomic E-state index is 12.7. The van der Waals surface area contributed by atoms with E-state index in [9.17, 15) is 25.2 Å². The summed E-state index contributed by atoms with van der Waals surface area (Å²) in [5.74, 6) is -0.310. The zero-order chi connectivity index (χ0) is 36.5.